The molecule has 0 saturated heterocycles. The van der Waals surface area contributed by atoms with E-state index in [0.29, 0.717) is 6.04 Å². The fraction of sp³-hybridized carbons (Fsp3) is 0.647. The zero-order chi connectivity index (χ0) is 13.4. The molecule has 0 bridgehead atoms. The summed E-state index contributed by atoms with van der Waals surface area (Å²) in [5, 5.41) is 3.48. The summed E-state index contributed by atoms with van der Waals surface area (Å²) in [5.74, 6) is 0. The van der Waals surface area contributed by atoms with E-state index in [1.165, 1.54) is 55.2 Å². The van der Waals surface area contributed by atoms with Gasteiger partial charge in [-0.15, -0.1) is 0 Å². The first-order chi connectivity index (χ1) is 8.70. The maximum Gasteiger partial charge on any atom is 0.0320 e. The molecule has 0 saturated carbocycles. The van der Waals surface area contributed by atoms with Crippen LogP contribution in [0.2, 0.25) is 0 Å². The van der Waals surface area contributed by atoms with Crippen LogP contribution in [0.1, 0.15) is 68.2 Å². The lowest BCUT2D eigenvalue weighted by atomic mass is 9.94. The van der Waals surface area contributed by atoms with E-state index in [0.717, 1.165) is 0 Å². The van der Waals surface area contributed by atoms with E-state index < -0.39 is 0 Å². The van der Waals surface area contributed by atoms with E-state index in [-0.39, 0.29) is 0 Å². The molecular weight excluding hydrogens is 218 g/mol. The van der Waals surface area contributed by atoms with Gasteiger partial charge in [0, 0.05) is 6.04 Å². The summed E-state index contributed by atoms with van der Waals surface area (Å²) in [5.41, 5.74) is 4.33. The quantitative estimate of drug-likeness (QED) is 0.643. The van der Waals surface area contributed by atoms with Crippen LogP contribution in [0.15, 0.2) is 18.2 Å². The minimum Gasteiger partial charge on any atom is -0.313 e. The van der Waals surface area contributed by atoms with Gasteiger partial charge < -0.3 is 5.32 Å². The van der Waals surface area contributed by atoms with Gasteiger partial charge in [0.2, 0.25) is 0 Å². The molecule has 0 aliphatic heterocycles. The van der Waals surface area contributed by atoms with Crippen LogP contribution in [0.3, 0.4) is 0 Å². The first kappa shape index (κ1) is 15.2. The number of hydrogen-bond donors (Lipinski definition) is 1. The normalized spacial score (nSPS) is 12.7. The van der Waals surface area contributed by atoms with Gasteiger partial charge in [0.25, 0.3) is 0 Å². The minimum absolute atomic E-state index is 0.520. The molecule has 0 aliphatic rings. The third kappa shape index (κ3) is 4.45. The first-order valence-electron chi connectivity index (χ1n) is 7.44. The summed E-state index contributed by atoms with van der Waals surface area (Å²) in [4.78, 5) is 0. The second-order valence-corrected chi connectivity index (χ2v) is 5.33. The van der Waals surface area contributed by atoms with Crippen LogP contribution in [0.4, 0.5) is 0 Å². The molecule has 1 nitrogen and oxygen atoms in total. The highest BCUT2D eigenvalue weighted by atomic mass is 14.9. The molecule has 102 valence electrons. The van der Waals surface area contributed by atoms with Gasteiger partial charge in [0.1, 0.15) is 0 Å². The van der Waals surface area contributed by atoms with Crippen LogP contribution in [0.5, 0.6) is 0 Å². The summed E-state index contributed by atoms with van der Waals surface area (Å²) in [6.07, 6.45) is 8.06. The fourth-order valence-corrected chi connectivity index (χ4v) is 2.56. The highest BCUT2D eigenvalue weighted by Crippen LogP contribution is 2.24. The predicted octanol–water partition coefficient (Wildman–Crippen LogP) is 4.92. The maximum atomic E-state index is 3.48. The fourth-order valence-electron chi connectivity index (χ4n) is 2.56. The smallest absolute Gasteiger partial charge is 0.0320 e. The van der Waals surface area contributed by atoms with Gasteiger partial charge in [0.15, 0.2) is 0 Å². The summed E-state index contributed by atoms with van der Waals surface area (Å²) in [6, 6.07) is 7.17. The Morgan fingerprint density at radius 3 is 2.44 bits per heavy atom. The molecule has 0 aromatic heterocycles. The van der Waals surface area contributed by atoms with Crippen LogP contribution in [-0.2, 0) is 0 Å². The first-order valence-corrected chi connectivity index (χ1v) is 7.44. The number of nitrogens with one attached hydrogen (secondary N) is 1. The summed E-state index contributed by atoms with van der Waals surface area (Å²) < 4.78 is 0. The van der Waals surface area contributed by atoms with Crippen molar-refractivity contribution in [2.75, 3.05) is 7.05 Å². The third-order valence-electron chi connectivity index (χ3n) is 3.97. The maximum absolute atomic E-state index is 3.48. The highest BCUT2D eigenvalue weighted by Gasteiger charge is 2.11. The zero-order valence-electron chi connectivity index (χ0n) is 12.6. The lowest BCUT2D eigenvalue weighted by Crippen LogP contribution is -2.17. The lowest BCUT2D eigenvalue weighted by molar-refractivity contribution is 0.499. The van der Waals surface area contributed by atoms with Crippen molar-refractivity contribution in [2.24, 2.45) is 0 Å². The average molecular weight is 247 g/mol. The Labute approximate surface area is 113 Å². The van der Waals surface area contributed by atoms with Crippen molar-refractivity contribution in [2.45, 2.75) is 65.3 Å². The van der Waals surface area contributed by atoms with Crippen molar-refractivity contribution in [1.29, 1.82) is 0 Å². The number of aryl methyl sites for hydroxylation is 1. The van der Waals surface area contributed by atoms with E-state index >= 15 is 0 Å². The van der Waals surface area contributed by atoms with E-state index in [2.05, 4.69) is 51.3 Å². The number of benzene rings is 1. The molecule has 1 rings (SSSR count). The number of unbranched alkanes of at least 4 members (excludes halogenated alkanes) is 4. The molecule has 1 aromatic carbocycles. The van der Waals surface area contributed by atoms with Gasteiger partial charge in [-0.25, -0.2) is 0 Å². The Bertz CT molecular complexity index is 343. The molecule has 18 heavy (non-hydrogen) atoms. The van der Waals surface area contributed by atoms with Crippen LogP contribution in [0, 0.1) is 13.8 Å². The zero-order valence-corrected chi connectivity index (χ0v) is 12.6. The van der Waals surface area contributed by atoms with Crippen molar-refractivity contribution < 1.29 is 0 Å². The Balaban J connectivity index is 2.52. The largest absolute Gasteiger partial charge is 0.313 e. The second kappa shape index (κ2) is 8.31. The molecule has 1 N–H and O–H groups in total. The molecule has 1 aromatic rings. The molecule has 0 aliphatic carbocycles. The van der Waals surface area contributed by atoms with Gasteiger partial charge >= 0.3 is 0 Å². The topological polar surface area (TPSA) is 12.0 Å². The third-order valence-corrected chi connectivity index (χ3v) is 3.97. The van der Waals surface area contributed by atoms with Crippen molar-refractivity contribution in [3.63, 3.8) is 0 Å². The highest BCUT2D eigenvalue weighted by molar-refractivity contribution is 5.35. The van der Waals surface area contributed by atoms with Gasteiger partial charge in [-0.3, -0.25) is 0 Å². The van der Waals surface area contributed by atoms with Crippen molar-refractivity contribution in [1.82, 2.24) is 5.32 Å². The molecule has 1 unspecified atom stereocenters. The molecular formula is C17H29N. The Morgan fingerprint density at radius 1 is 1.06 bits per heavy atom. The van der Waals surface area contributed by atoms with Crippen molar-refractivity contribution >= 4 is 0 Å². The number of hydrogen-bond acceptors (Lipinski definition) is 1. The monoisotopic (exact) mass is 247 g/mol. The van der Waals surface area contributed by atoms with E-state index in [1.807, 2.05) is 0 Å². The van der Waals surface area contributed by atoms with Crippen LogP contribution in [-0.4, -0.2) is 7.05 Å². The standard InChI is InChI=1S/C17H29N/c1-5-6-7-8-9-13-17(18-4)16-12-10-11-14(2)15(16)3/h10-12,17-18H,5-9,13H2,1-4H3. The molecule has 1 heteroatoms. The van der Waals surface area contributed by atoms with E-state index in [9.17, 15) is 0 Å². The summed E-state index contributed by atoms with van der Waals surface area (Å²) in [7, 11) is 2.08. The summed E-state index contributed by atoms with van der Waals surface area (Å²) >= 11 is 0. The Hall–Kier alpha value is -0.820. The van der Waals surface area contributed by atoms with Crippen LogP contribution < -0.4 is 5.32 Å². The molecule has 0 radical (unpaired) electrons. The van der Waals surface area contributed by atoms with E-state index in [1.54, 1.807) is 0 Å². The van der Waals surface area contributed by atoms with E-state index in [4.69, 9.17) is 0 Å². The molecule has 0 spiro atoms. The van der Waals surface area contributed by atoms with Gasteiger partial charge in [0.05, 0.1) is 0 Å². The molecule has 0 fully saturated rings. The number of rotatable bonds is 8. The van der Waals surface area contributed by atoms with Crippen LogP contribution in [0.25, 0.3) is 0 Å². The van der Waals surface area contributed by atoms with Crippen molar-refractivity contribution in [3.8, 4) is 0 Å². The Morgan fingerprint density at radius 2 is 1.78 bits per heavy atom. The predicted molar refractivity (Wildman–Crippen MR) is 81.1 cm³/mol. The SMILES string of the molecule is CCCCCCCC(NC)c1cccc(C)c1C. The van der Waals surface area contributed by atoms with Gasteiger partial charge in [-0.1, -0.05) is 57.2 Å². The lowest BCUT2D eigenvalue weighted by Gasteiger charge is -2.20. The molecule has 1 atom stereocenters. The van der Waals surface area contributed by atoms with Crippen LogP contribution >= 0.6 is 0 Å². The minimum atomic E-state index is 0.520. The van der Waals surface area contributed by atoms with Gasteiger partial charge in [-0.05, 0) is 44.0 Å². The molecule has 0 amide bonds. The average Bonchev–Trinajstić information content (AvgIpc) is 2.38. The van der Waals surface area contributed by atoms with Crippen molar-refractivity contribution in [3.05, 3.63) is 34.9 Å². The Kier molecular flexibility index (Phi) is 7.04. The second-order valence-electron chi connectivity index (χ2n) is 5.33. The summed E-state index contributed by atoms with van der Waals surface area (Å²) in [6.45, 7) is 6.71. The molecule has 0 heterocycles. The van der Waals surface area contributed by atoms with Gasteiger partial charge in [-0.2, -0.15) is 0 Å².